The summed E-state index contributed by atoms with van der Waals surface area (Å²) < 4.78 is 0. The van der Waals surface area contributed by atoms with Crippen molar-refractivity contribution in [1.82, 2.24) is 0 Å². The van der Waals surface area contributed by atoms with Gasteiger partial charge in [-0.3, -0.25) is 4.79 Å². The van der Waals surface area contributed by atoms with E-state index in [1.807, 2.05) is 0 Å². The van der Waals surface area contributed by atoms with Gasteiger partial charge in [0.2, 0.25) is 0 Å². The highest BCUT2D eigenvalue weighted by Crippen LogP contribution is 2.13. The van der Waals surface area contributed by atoms with Crippen molar-refractivity contribution in [3.05, 3.63) is 0 Å². The summed E-state index contributed by atoms with van der Waals surface area (Å²) in [5, 5.41) is 0. The zero-order valence-corrected chi connectivity index (χ0v) is 8.08. The summed E-state index contributed by atoms with van der Waals surface area (Å²) in [5.41, 5.74) is 0. The number of hydrogen-bond donors (Lipinski definition) is 0. The van der Waals surface area contributed by atoms with Crippen LogP contribution in [0.15, 0.2) is 0 Å². The van der Waals surface area contributed by atoms with Crippen LogP contribution in [0.2, 0.25) is 0 Å². The number of carbonyl (C=O) groups is 1. The SMILES string of the molecule is CCCC(=O)C[S+]1CCCC1. The van der Waals surface area contributed by atoms with Crippen LogP contribution in [0.4, 0.5) is 0 Å². The first-order valence-corrected chi connectivity index (χ1v) is 6.22. The lowest BCUT2D eigenvalue weighted by molar-refractivity contribution is -0.116. The van der Waals surface area contributed by atoms with E-state index in [9.17, 15) is 4.79 Å². The van der Waals surface area contributed by atoms with Crippen LogP contribution in [0.5, 0.6) is 0 Å². The number of rotatable bonds is 4. The van der Waals surface area contributed by atoms with Crippen LogP contribution in [0.1, 0.15) is 32.6 Å². The van der Waals surface area contributed by atoms with Crippen molar-refractivity contribution in [2.75, 3.05) is 17.3 Å². The highest BCUT2D eigenvalue weighted by Gasteiger charge is 2.26. The fourth-order valence-corrected chi connectivity index (χ4v) is 3.75. The lowest BCUT2D eigenvalue weighted by atomic mass is 10.3. The minimum Gasteiger partial charge on any atom is -0.294 e. The van der Waals surface area contributed by atoms with E-state index in [0.29, 0.717) is 16.7 Å². The summed E-state index contributed by atoms with van der Waals surface area (Å²) >= 11 is 0. The third-order valence-corrected chi connectivity index (χ3v) is 4.47. The summed E-state index contributed by atoms with van der Waals surface area (Å²) in [4.78, 5) is 11.2. The number of Topliss-reactive ketones (excluding diaryl/α,β-unsaturated/α-hetero) is 1. The lowest BCUT2D eigenvalue weighted by Gasteiger charge is -1.97. The Bertz CT molecular complexity index is 128. The van der Waals surface area contributed by atoms with Crippen molar-refractivity contribution < 1.29 is 4.79 Å². The van der Waals surface area contributed by atoms with Crippen LogP contribution in [0.3, 0.4) is 0 Å². The normalized spacial score (nSPS) is 19.0. The van der Waals surface area contributed by atoms with Gasteiger partial charge in [-0.15, -0.1) is 0 Å². The fourth-order valence-electron chi connectivity index (χ4n) is 1.44. The molecule has 2 heteroatoms. The smallest absolute Gasteiger partial charge is 0.181 e. The van der Waals surface area contributed by atoms with Crippen molar-refractivity contribution >= 4 is 16.7 Å². The van der Waals surface area contributed by atoms with Crippen molar-refractivity contribution in [3.63, 3.8) is 0 Å². The molecule has 1 nitrogen and oxygen atoms in total. The van der Waals surface area contributed by atoms with Gasteiger partial charge in [0, 0.05) is 6.42 Å². The van der Waals surface area contributed by atoms with Gasteiger partial charge in [-0.05, 0) is 30.2 Å². The molecular weight excluding hydrogens is 156 g/mol. The Balaban J connectivity index is 2.13. The number of carbonyl (C=O) groups excluding carboxylic acids is 1. The monoisotopic (exact) mass is 173 g/mol. The Morgan fingerprint density at radius 2 is 2.00 bits per heavy atom. The van der Waals surface area contributed by atoms with Crippen molar-refractivity contribution in [2.24, 2.45) is 0 Å². The Kier molecular flexibility index (Phi) is 3.98. The lowest BCUT2D eigenvalue weighted by Crippen LogP contribution is -2.17. The molecule has 11 heavy (non-hydrogen) atoms. The van der Waals surface area contributed by atoms with Gasteiger partial charge in [-0.25, -0.2) is 0 Å². The average Bonchev–Trinajstić information content (AvgIpc) is 2.40. The molecule has 0 aromatic carbocycles. The predicted octanol–water partition coefficient (Wildman–Crippen LogP) is 1.77. The standard InChI is InChI=1S/C9H17OS/c1-2-5-9(10)8-11-6-3-4-7-11/h2-8H2,1H3/q+1. The van der Waals surface area contributed by atoms with E-state index >= 15 is 0 Å². The zero-order chi connectivity index (χ0) is 8.10. The molecule has 0 radical (unpaired) electrons. The van der Waals surface area contributed by atoms with Crippen LogP contribution in [0.25, 0.3) is 0 Å². The van der Waals surface area contributed by atoms with Crippen LogP contribution in [0, 0.1) is 0 Å². The first kappa shape index (κ1) is 9.11. The third-order valence-electron chi connectivity index (χ3n) is 2.01. The summed E-state index contributed by atoms with van der Waals surface area (Å²) in [6.45, 7) is 2.08. The molecule has 0 N–H and O–H groups in total. The van der Waals surface area contributed by atoms with Crippen molar-refractivity contribution in [2.45, 2.75) is 32.6 Å². The van der Waals surface area contributed by atoms with Gasteiger partial charge in [0.1, 0.15) is 11.5 Å². The zero-order valence-electron chi connectivity index (χ0n) is 7.27. The van der Waals surface area contributed by atoms with Crippen LogP contribution < -0.4 is 0 Å². The second kappa shape index (κ2) is 4.81. The summed E-state index contributed by atoms with van der Waals surface area (Å²) in [7, 11) is 0.492. The van der Waals surface area contributed by atoms with Gasteiger partial charge >= 0.3 is 0 Å². The Morgan fingerprint density at radius 3 is 2.55 bits per heavy atom. The molecule has 1 fully saturated rings. The van der Waals surface area contributed by atoms with E-state index in [1.54, 1.807) is 0 Å². The van der Waals surface area contributed by atoms with Crippen LogP contribution in [-0.2, 0) is 15.7 Å². The maximum atomic E-state index is 11.2. The van der Waals surface area contributed by atoms with E-state index < -0.39 is 0 Å². The second-order valence-electron chi connectivity index (χ2n) is 3.16. The minimum atomic E-state index is 0.492. The molecule has 1 aliphatic rings. The summed E-state index contributed by atoms with van der Waals surface area (Å²) in [6.07, 6.45) is 4.56. The highest BCUT2D eigenvalue weighted by molar-refractivity contribution is 7.97. The highest BCUT2D eigenvalue weighted by atomic mass is 32.2. The molecule has 1 heterocycles. The predicted molar refractivity (Wildman–Crippen MR) is 51.1 cm³/mol. The maximum Gasteiger partial charge on any atom is 0.181 e. The van der Waals surface area contributed by atoms with E-state index in [2.05, 4.69) is 6.92 Å². The molecule has 1 rings (SSSR count). The average molecular weight is 173 g/mol. The van der Waals surface area contributed by atoms with E-state index in [4.69, 9.17) is 0 Å². The van der Waals surface area contributed by atoms with Crippen molar-refractivity contribution in [3.8, 4) is 0 Å². The number of ketones is 1. The number of hydrogen-bond acceptors (Lipinski definition) is 1. The quantitative estimate of drug-likeness (QED) is 0.592. The molecule has 0 aromatic heterocycles. The molecule has 0 saturated carbocycles. The Hall–Kier alpha value is 0.0200. The Labute approximate surface area is 71.9 Å². The first-order valence-electron chi connectivity index (χ1n) is 4.48. The molecule has 0 spiro atoms. The van der Waals surface area contributed by atoms with E-state index in [1.165, 1.54) is 24.3 Å². The van der Waals surface area contributed by atoms with E-state index in [-0.39, 0.29) is 0 Å². The van der Waals surface area contributed by atoms with Gasteiger partial charge in [-0.2, -0.15) is 0 Å². The first-order chi connectivity index (χ1) is 5.33. The third kappa shape index (κ3) is 3.28. The molecule has 1 aliphatic heterocycles. The van der Waals surface area contributed by atoms with Crippen molar-refractivity contribution in [1.29, 1.82) is 0 Å². The summed E-state index contributed by atoms with van der Waals surface area (Å²) in [5.74, 6) is 4.05. The molecule has 0 aliphatic carbocycles. The largest absolute Gasteiger partial charge is 0.294 e. The molecule has 0 unspecified atom stereocenters. The fraction of sp³-hybridized carbons (Fsp3) is 0.889. The van der Waals surface area contributed by atoms with Gasteiger partial charge in [-0.1, -0.05) is 6.92 Å². The second-order valence-corrected chi connectivity index (χ2v) is 5.49. The minimum absolute atomic E-state index is 0.492. The maximum absolute atomic E-state index is 11.2. The molecule has 0 amide bonds. The molecule has 64 valence electrons. The van der Waals surface area contributed by atoms with Gasteiger partial charge in [0.05, 0.1) is 0 Å². The van der Waals surface area contributed by atoms with Crippen LogP contribution in [-0.4, -0.2) is 23.0 Å². The molecule has 0 aromatic rings. The van der Waals surface area contributed by atoms with Crippen LogP contribution >= 0.6 is 0 Å². The molecule has 0 atom stereocenters. The Morgan fingerprint density at radius 1 is 1.36 bits per heavy atom. The van der Waals surface area contributed by atoms with Gasteiger partial charge < -0.3 is 0 Å². The van der Waals surface area contributed by atoms with Gasteiger partial charge in [0.25, 0.3) is 0 Å². The molecular formula is C9H17OS+. The topological polar surface area (TPSA) is 17.1 Å². The molecule has 1 saturated heterocycles. The summed E-state index contributed by atoms with van der Waals surface area (Å²) in [6, 6.07) is 0. The van der Waals surface area contributed by atoms with E-state index in [0.717, 1.165) is 18.6 Å². The molecule has 0 bridgehead atoms. The van der Waals surface area contributed by atoms with Gasteiger partial charge in [0.15, 0.2) is 11.5 Å².